The van der Waals surface area contributed by atoms with Gasteiger partial charge in [-0.05, 0) is 55.3 Å². The largest absolute Gasteiger partial charge is 0.497 e. The van der Waals surface area contributed by atoms with Gasteiger partial charge in [-0.2, -0.15) is 0 Å². The molecule has 2 aromatic carbocycles. The number of carbonyl (C=O) groups excluding carboxylic acids is 2. The Kier molecular flexibility index (Phi) is 4.94. The van der Waals surface area contributed by atoms with Crippen LogP contribution in [0.4, 0.5) is 0 Å². The van der Waals surface area contributed by atoms with Gasteiger partial charge in [0, 0.05) is 13.0 Å². The lowest BCUT2D eigenvalue weighted by atomic mass is 9.89. The van der Waals surface area contributed by atoms with Crippen LogP contribution in [0.5, 0.6) is 17.2 Å². The van der Waals surface area contributed by atoms with Crippen LogP contribution >= 0.6 is 0 Å². The summed E-state index contributed by atoms with van der Waals surface area (Å²) in [6, 6.07) is 11.0. The molecule has 2 aliphatic heterocycles. The highest BCUT2D eigenvalue weighted by Crippen LogP contribution is 2.40. The minimum absolute atomic E-state index is 0.0193. The van der Waals surface area contributed by atoms with Crippen LogP contribution in [-0.2, 0) is 4.79 Å². The second-order valence-electron chi connectivity index (χ2n) is 7.85. The van der Waals surface area contributed by atoms with Gasteiger partial charge in [0.1, 0.15) is 22.8 Å². The van der Waals surface area contributed by atoms with Crippen LogP contribution in [0.1, 0.15) is 34.3 Å². The van der Waals surface area contributed by atoms with Crippen molar-refractivity contribution in [1.82, 2.24) is 4.90 Å². The smallest absolute Gasteiger partial charge is 0.260 e. The summed E-state index contributed by atoms with van der Waals surface area (Å²) in [7, 11) is 1.57. The normalized spacial score (nSPS) is 20.4. The van der Waals surface area contributed by atoms with Crippen molar-refractivity contribution in [3.8, 4) is 17.2 Å². The van der Waals surface area contributed by atoms with Crippen LogP contribution in [0.15, 0.2) is 36.4 Å². The van der Waals surface area contributed by atoms with Gasteiger partial charge < -0.3 is 19.1 Å². The molecule has 4 rings (SSSR count). The van der Waals surface area contributed by atoms with Crippen molar-refractivity contribution in [2.24, 2.45) is 0 Å². The SMILES string of the molecule is COc1ccc2c(c1)C(=O)CC1(CCN(C(=O)COc3ccc(C)c(C)c3)C1)O2. The highest BCUT2D eigenvalue weighted by atomic mass is 16.5. The van der Waals surface area contributed by atoms with Crippen LogP contribution in [0.2, 0.25) is 0 Å². The Morgan fingerprint density at radius 3 is 2.69 bits per heavy atom. The molecule has 0 aromatic heterocycles. The Labute approximate surface area is 170 Å². The fraction of sp³-hybridized carbons (Fsp3) is 0.391. The molecule has 1 saturated heterocycles. The maximum absolute atomic E-state index is 12.7. The first-order valence-corrected chi connectivity index (χ1v) is 9.77. The third-order valence-electron chi connectivity index (χ3n) is 5.81. The number of ketones is 1. The van der Waals surface area contributed by atoms with Gasteiger partial charge in [0.15, 0.2) is 12.4 Å². The number of Topliss-reactive ketones (excluding diaryl/α,β-unsaturated/α-hetero) is 1. The Morgan fingerprint density at radius 2 is 1.93 bits per heavy atom. The number of hydrogen-bond donors (Lipinski definition) is 0. The van der Waals surface area contributed by atoms with E-state index < -0.39 is 5.60 Å². The summed E-state index contributed by atoms with van der Waals surface area (Å²) in [4.78, 5) is 27.1. The van der Waals surface area contributed by atoms with Crippen molar-refractivity contribution in [2.45, 2.75) is 32.3 Å². The molecule has 2 heterocycles. The summed E-state index contributed by atoms with van der Waals surface area (Å²) in [6.07, 6.45) is 0.883. The van der Waals surface area contributed by atoms with Crippen LogP contribution in [0.25, 0.3) is 0 Å². The number of amides is 1. The molecule has 1 fully saturated rings. The van der Waals surface area contributed by atoms with E-state index in [1.54, 1.807) is 30.2 Å². The highest BCUT2D eigenvalue weighted by Gasteiger charge is 2.47. The molecule has 6 heteroatoms. The van der Waals surface area contributed by atoms with Gasteiger partial charge in [0.2, 0.25) is 0 Å². The number of likely N-dealkylation sites (tertiary alicyclic amines) is 1. The molecule has 1 unspecified atom stereocenters. The van der Waals surface area contributed by atoms with Crippen LogP contribution in [0.3, 0.4) is 0 Å². The van der Waals surface area contributed by atoms with E-state index in [1.807, 2.05) is 32.0 Å². The molecule has 0 saturated carbocycles. The minimum Gasteiger partial charge on any atom is -0.497 e. The summed E-state index contributed by atoms with van der Waals surface area (Å²) in [5.74, 6) is 1.79. The van der Waals surface area contributed by atoms with Gasteiger partial charge in [-0.15, -0.1) is 0 Å². The number of nitrogens with zero attached hydrogens (tertiary/aromatic N) is 1. The average Bonchev–Trinajstić information content (AvgIpc) is 3.11. The number of fused-ring (bicyclic) bond motifs is 1. The zero-order chi connectivity index (χ0) is 20.6. The molecule has 1 spiro atoms. The van der Waals surface area contributed by atoms with E-state index in [-0.39, 0.29) is 24.7 Å². The molecule has 152 valence electrons. The van der Waals surface area contributed by atoms with E-state index in [4.69, 9.17) is 14.2 Å². The Hall–Kier alpha value is -3.02. The first-order valence-electron chi connectivity index (χ1n) is 9.77. The van der Waals surface area contributed by atoms with E-state index in [1.165, 1.54) is 5.56 Å². The van der Waals surface area contributed by atoms with Gasteiger partial charge in [-0.3, -0.25) is 9.59 Å². The number of aryl methyl sites for hydroxylation is 2. The van der Waals surface area contributed by atoms with E-state index in [9.17, 15) is 9.59 Å². The summed E-state index contributed by atoms with van der Waals surface area (Å²) in [6.45, 7) is 4.96. The Morgan fingerprint density at radius 1 is 1.14 bits per heavy atom. The second kappa shape index (κ2) is 7.43. The lowest BCUT2D eigenvalue weighted by molar-refractivity contribution is -0.133. The molecule has 0 N–H and O–H groups in total. The molecule has 1 atom stereocenters. The molecule has 0 bridgehead atoms. The van der Waals surface area contributed by atoms with E-state index in [0.29, 0.717) is 42.3 Å². The number of methoxy groups -OCH3 is 1. The van der Waals surface area contributed by atoms with E-state index >= 15 is 0 Å². The fourth-order valence-electron chi connectivity index (χ4n) is 3.93. The van der Waals surface area contributed by atoms with Gasteiger partial charge in [-0.25, -0.2) is 0 Å². The molecule has 6 nitrogen and oxygen atoms in total. The molecule has 0 aliphatic carbocycles. The highest BCUT2D eigenvalue weighted by molar-refractivity contribution is 6.01. The lowest BCUT2D eigenvalue weighted by Crippen LogP contribution is -2.45. The van der Waals surface area contributed by atoms with Crippen LogP contribution in [0, 0.1) is 13.8 Å². The molecule has 1 amide bonds. The number of rotatable bonds is 4. The minimum atomic E-state index is -0.658. The molecule has 2 aliphatic rings. The first kappa shape index (κ1) is 19.3. The third-order valence-corrected chi connectivity index (χ3v) is 5.81. The van der Waals surface area contributed by atoms with Crippen LogP contribution in [-0.4, -0.2) is 49.0 Å². The van der Waals surface area contributed by atoms with Gasteiger partial charge >= 0.3 is 0 Å². The molecule has 29 heavy (non-hydrogen) atoms. The van der Waals surface area contributed by atoms with E-state index in [0.717, 1.165) is 5.56 Å². The van der Waals surface area contributed by atoms with E-state index in [2.05, 4.69) is 0 Å². The summed E-state index contributed by atoms with van der Waals surface area (Å²) < 4.78 is 17.1. The maximum Gasteiger partial charge on any atom is 0.260 e. The predicted octanol–water partition coefficient (Wildman–Crippen LogP) is 3.33. The van der Waals surface area contributed by atoms with Gasteiger partial charge in [0.25, 0.3) is 5.91 Å². The van der Waals surface area contributed by atoms with Gasteiger partial charge in [-0.1, -0.05) is 6.07 Å². The number of hydrogen-bond acceptors (Lipinski definition) is 5. The van der Waals surface area contributed by atoms with Crippen molar-refractivity contribution < 1.29 is 23.8 Å². The number of carbonyl (C=O) groups is 2. The monoisotopic (exact) mass is 395 g/mol. The quantitative estimate of drug-likeness (QED) is 0.795. The standard InChI is InChI=1S/C23H25NO5/c1-15-4-5-18(10-16(15)2)28-13-22(26)24-9-8-23(14-24)12-20(25)19-11-17(27-3)6-7-21(19)29-23/h4-7,10-11H,8-9,12-14H2,1-3H3. The van der Waals surface area contributed by atoms with Crippen molar-refractivity contribution in [3.05, 3.63) is 53.1 Å². The van der Waals surface area contributed by atoms with Crippen molar-refractivity contribution in [1.29, 1.82) is 0 Å². The van der Waals surface area contributed by atoms with Crippen molar-refractivity contribution in [2.75, 3.05) is 26.8 Å². The second-order valence-corrected chi connectivity index (χ2v) is 7.85. The maximum atomic E-state index is 12.7. The van der Waals surface area contributed by atoms with Crippen LogP contribution < -0.4 is 14.2 Å². The Bertz CT molecular complexity index is 970. The molecule has 0 radical (unpaired) electrons. The zero-order valence-corrected chi connectivity index (χ0v) is 17.0. The predicted molar refractivity (Wildman–Crippen MR) is 108 cm³/mol. The third kappa shape index (κ3) is 3.79. The summed E-state index contributed by atoms with van der Waals surface area (Å²) in [5, 5.41) is 0. The molecular weight excluding hydrogens is 370 g/mol. The number of ether oxygens (including phenoxy) is 3. The topological polar surface area (TPSA) is 65.1 Å². The van der Waals surface area contributed by atoms with Crippen molar-refractivity contribution in [3.63, 3.8) is 0 Å². The van der Waals surface area contributed by atoms with Gasteiger partial charge in [0.05, 0.1) is 25.6 Å². The summed E-state index contributed by atoms with van der Waals surface area (Å²) in [5.41, 5.74) is 2.19. The number of benzene rings is 2. The van der Waals surface area contributed by atoms with Crippen molar-refractivity contribution >= 4 is 11.7 Å². The average molecular weight is 395 g/mol. The molecule has 2 aromatic rings. The fourth-order valence-corrected chi connectivity index (χ4v) is 3.93. The Balaban J connectivity index is 1.41. The molecular formula is C23H25NO5. The first-order chi connectivity index (χ1) is 13.9. The summed E-state index contributed by atoms with van der Waals surface area (Å²) >= 11 is 0. The lowest BCUT2D eigenvalue weighted by Gasteiger charge is -2.34. The zero-order valence-electron chi connectivity index (χ0n) is 17.0.